The summed E-state index contributed by atoms with van der Waals surface area (Å²) >= 11 is 0. The minimum absolute atomic E-state index is 0.194. The maximum atomic E-state index is 13.4. The van der Waals surface area contributed by atoms with Gasteiger partial charge in [0.2, 0.25) is 0 Å². The predicted octanol–water partition coefficient (Wildman–Crippen LogP) is 3.55. The molecule has 92 valence electrons. The van der Waals surface area contributed by atoms with E-state index in [2.05, 4.69) is 19.2 Å². The smallest absolute Gasteiger partial charge is 0.137 e. The lowest BCUT2D eigenvalue weighted by atomic mass is 10.1. The summed E-state index contributed by atoms with van der Waals surface area (Å²) in [5.41, 5.74) is 2.79. The van der Waals surface area contributed by atoms with Crippen LogP contribution in [0.3, 0.4) is 0 Å². The highest BCUT2D eigenvalue weighted by Crippen LogP contribution is 2.29. The van der Waals surface area contributed by atoms with Gasteiger partial charge in [0.1, 0.15) is 17.2 Å². The maximum absolute atomic E-state index is 13.4. The molecule has 3 heteroatoms. The standard InChI is InChI=1S/C14H18FNO/c1-4-11-12-7-10(15)6-9(3)14(12)17-13(11)8-16-5-2/h6-7,16H,4-5,8H2,1-3H3. The molecule has 2 nitrogen and oxygen atoms in total. The van der Waals surface area contributed by atoms with Crippen molar-refractivity contribution in [3.63, 3.8) is 0 Å². The molecule has 1 heterocycles. The van der Waals surface area contributed by atoms with Gasteiger partial charge in [-0.25, -0.2) is 4.39 Å². The molecule has 0 saturated heterocycles. The zero-order valence-corrected chi connectivity index (χ0v) is 10.6. The lowest BCUT2D eigenvalue weighted by Crippen LogP contribution is -2.12. The van der Waals surface area contributed by atoms with Crippen LogP contribution in [-0.4, -0.2) is 6.54 Å². The van der Waals surface area contributed by atoms with E-state index < -0.39 is 0 Å². The summed E-state index contributed by atoms with van der Waals surface area (Å²) in [7, 11) is 0. The number of rotatable bonds is 4. The number of halogens is 1. The van der Waals surface area contributed by atoms with Crippen molar-refractivity contribution in [1.29, 1.82) is 0 Å². The van der Waals surface area contributed by atoms with Gasteiger partial charge >= 0.3 is 0 Å². The van der Waals surface area contributed by atoms with Gasteiger partial charge in [0, 0.05) is 10.9 Å². The summed E-state index contributed by atoms with van der Waals surface area (Å²) in [5, 5.41) is 4.16. The monoisotopic (exact) mass is 235 g/mol. The van der Waals surface area contributed by atoms with Gasteiger partial charge in [-0.05, 0) is 37.6 Å². The molecule has 0 spiro atoms. The fourth-order valence-corrected chi connectivity index (χ4v) is 2.19. The molecule has 0 aliphatic carbocycles. The SMILES string of the molecule is CCNCc1oc2c(C)cc(F)cc2c1CC. The topological polar surface area (TPSA) is 25.2 Å². The average molecular weight is 235 g/mol. The molecule has 0 unspecified atom stereocenters. The number of hydrogen-bond donors (Lipinski definition) is 1. The molecule has 0 radical (unpaired) electrons. The third kappa shape index (κ3) is 2.20. The minimum Gasteiger partial charge on any atom is -0.459 e. The molecule has 0 saturated carbocycles. The van der Waals surface area contributed by atoms with Gasteiger partial charge in [0.25, 0.3) is 0 Å². The lowest BCUT2D eigenvalue weighted by molar-refractivity contribution is 0.512. The fraction of sp³-hybridized carbons (Fsp3) is 0.429. The molecule has 17 heavy (non-hydrogen) atoms. The van der Waals surface area contributed by atoms with Crippen molar-refractivity contribution in [3.05, 3.63) is 34.8 Å². The van der Waals surface area contributed by atoms with E-state index in [1.54, 1.807) is 6.07 Å². The molecular formula is C14H18FNO. The Morgan fingerprint density at radius 1 is 1.29 bits per heavy atom. The van der Waals surface area contributed by atoms with Gasteiger partial charge < -0.3 is 9.73 Å². The number of nitrogens with one attached hydrogen (secondary N) is 1. The number of furan rings is 1. The molecule has 0 amide bonds. The van der Waals surface area contributed by atoms with Crippen LogP contribution in [0.15, 0.2) is 16.5 Å². The zero-order valence-electron chi connectivity index (χ0n) is 10.6. The molecule has 0 bridgehead atoms. The van der Waals surface area contributed by atoms with Crippen molar-refractivity contribution in [1.82, 2.24) is 5.32 Å². The summed E-state index contributed by atoms with van der Waals surface area (Å²) < 4.78 is 19.3. The summed E-state index contributed by atoms with van der Waals surface area (Å²) in [6.45, 7) is 7.60. The normalized spacial score (nSPS) is 11.3. The van der Waals surface area contributed by atoms with E-state index in [4.69, 9.17) is 4.42 Å². The number of fused-ring (bicyclic) bond motifs is 1. The number of hydrogen-bond acceptors (Lipinski definition) is 2. The second-order valence-corrected chi connectivity index (χ2v) is 4.24. The van der Waals surface area contributed by atoms with E-state index in [1.807, 2.05) is 6.92 Å². The molecule has 0 atom stereocenters. The first-order valence-electron chi connectivity index (χ1n) is 6.08. The first-order valence-corrected chi connectivity index (χ1v) is 6.08. The third-order valence-corrected chi connectivity index (χ3v) is 3.02. The highest BCUT2D eigenvalue weighted by atomic mass is 19.1. The van der Waals surface area contributed by atoms with Crippen LogP contribution in [0, 0.1) is 12.7 Å². The lowest BCUT2D eigenvalue weighted by Gasteiger charge is -2.00. The average Bonchev–Trinajstić information content (AvgIpc) is 2.64. The Balaban J connectivity index is 2.58. The maximum Gasteiger partial charge on any atom is 0.137 e. The van der Waals surface area contributed by atoms with Crippen molar-refractivity contribution in [2.75, 3.05) is 6.54 Å². The predicted molar refractivity (Wildman–Crippen MR) is 67.7 cm³/mol. The Morgan fingerprint density at radius 2 is 2.06 bits per heavy atom. The van der Waals surface area contributed by atoms with Gasteiger partial charge in [-0.15, -0.1) is 0 Å². The van der Waals surface area contributed by atoms with Gasteiger partial charge in [-0.3, -0.25) is 0 Å². The molecular weight excluding hydrogens is 217 g/mol. The van der Waals surface area contributed by atoms with Crippen LogP contribution in [0.4, 0.5) is 4.39 Å². The molecule has 1 aromatic heterocycles. The Morgan fingerprint density at radius 3 is 2.71 bits per heavy atom. The van der Waals surface area contributed by atoms with Crippen LogP contribution in [0.1, 0.15) is 30.7 Å². The van der Waals surface area contributed by atoms with Crippen LogP contribution in [0.25, 0.3) is 11.0 Å². The van der Waals surface area contributed by atoms with Gasteiger partial charge in [0.05, 0.1) is 6.54 Å². The van der Waals surface area contributed by atoms with E-state index >= 15 is 0 Å². The van der Waals surface area contributed by atoms with Crippen molar-refractivity contribution in [2.24, 2.45) is 0 Å². The van der Waals surface area contributed by atoms with E-state index in [0.717, 1.165) is 40.8 Å². The van der Waals surface area contributed by atoms with Crippen LogP contribution >= 0.6 is 0 Å². The number of benzene rings is 1. The summed E-state index contributed by atoms with van der Waals surface area (Å²) in [4.78, 5) is 0. The Hall–Kier alpha value is -1.35. The second-order valence-electron chi connectivity index (χ2n) is 4.24. The van der Waals surface area contributed by atoms with Crippen LogP contribution in [-0.2, 0) is 13.0 Å². The summed E-state index contributed by atoms with van der Waals surface area (Å²) in [6.07, 6.45) is 0.858. The molecule has 0 aliphatic rings. The Kier molecular flexibility index (Phi) is 3.48. The van der Waals surface area contributed by atoms with E-state index in [0.29, 0.717) is 6.54 Å². The van der Waals surface area contributed by atoms with Gasteiger partial charge in [-0.2, -0.15) is 0 Å². The van der Waals surface area contributed by atoms with Crippen molar-refractivity contribution < 1.29 is 8.81 Å². The van der Waals surface area contributed by atoms with Gasteiger partial charge in [0.15, 0.2) is 0 Å². The van der Waals surface area contributed by atoms with Gasteiger partial charge in [-0.1, -0.05) is 13.8 Å². The first-order chi connectivity index (χ1) is 8.17. The number of aryl methyl sites for hydroxylation is 2. The third-order valence-electron chi connectivity index (χ3n) is 3.02. The molecule has 1 N–H and O–H groups in total. The summed E-state index contributed by atoms with van der Waals surface area (Å²) in [6, 6.07) is 3.09. The van der Waals surface area contributed by atoms with E-state index in [9.17, 15) is 4.39 Å². The molecule has 1 aromatic carbocycles. The summed E-state index contributed by atoms with van der Waals surface area (Å²) in [5.74, 6) is 0.735. The van der Waals surface area contributed by atoms with E-state index in [-0.39, 0.29) is 5.82 Å². The van der Waals surface area contributed by atoms with Crippen molar-refractivity contribution >= 4 is 11.0 Å². The Bertz CT molecular complexity index is 530. The first kappa shape index (κ1) is 12.1. The highest BCUT2D eigenvalue weighted by molar-refractivity contribution is 5.85. The Labute approximate surface area is 101 Å². The quantitative estimate of drug-likeness (QED) is 0.876. The largest absolute Gasteiger partial charge is 0.459 e. The van der Waals surface area contributed by atoms with Crippen molar-refractivity contribution in [3.8, 4) is 0 Å². The molecule has 0 aliphatic heterocycles. The zero-order chi connectivity index (χ0) is 12.4. The molecule has 2 rings (SSSR count). The fourth-order valence-electron chi connectivity index (χ4n) is 2.19. The van der Waals surface area contributed by atoms with Crippen LogP contribution in [0.5, 0.6) is 0 Å². The van der Waals surface area contributed by atoms with Crippen LogP contribution in [0.2, 0.25) is 0 Å². The van der Waals surface area contributed by atoms with Crippen molar-refractivity contribution in [2.45, 2.75) is 33.7 Å². The minimum atomic E-state index is -0.194. The highest BCUT2D eigenvalue weighted by Gasteiger charge is 2.14. The van der Waals surface area contributed by atoms with E-state index in [1.165, 1.54) is 6.07 Å². The molecule has 2 aromatic rings. The molecule has 0 fully saturated rings. The second kappa shape index (κ2) is 4.88. The van der Waals surface area contributed by atoms with Crippen LogP contribution < -0.4 is 5.32 Å².